The summed E-state index contributed by atoms with van der Waals surface area (Å²) >= 11 is 0. The van der Waals surface area contributed by atoms with E-state index in [0.717, 1.165) is 22.3 Å². The number of carbonyl (C=O) groups excluding carboxylic acids is 1. The fourth-order valence-electron chi connectivity index (χ4n) is 3.06. The lowest BCUT2D eigenvalue weighted by Gasteiger charge is -2.16. The quantitative estimate of drug-likeness (QED) is 0.521. The third kappa shape index (κ3) is 5.68. The normalized spacial score (nSPS) is 12.2. The number of benzene rings is 3. The molecule has 0 aliphatic heterocycles. The van der Waals surface area contributed by atoms with Crippen LogP contribution in [0.1, 0.15) is 29.2 Å². The molecule has 3 aromatic carbocycles. The highest BCUT2D eigenvalue weighted by atomic mass is 32.2. The summed E-state index contributed by atoms with van der Waals surface area (Å²) < 4.78 is 33.8. The topological polar surface area (TPSA) is 84.5 Å². The molecule has 0 heterocycles. The SMILES string of the molecule is Cc1ccc(C)c(NS(=O)(=O)c2ccc(NC(=O)[C@H](C)Oc3ccc(C)c(C)c3)cc2)c1. The maximum Gasteiger partial charge on any atom is 0.265 e. The van der Waals surface area contributed by atoms with E-state index in [4.69, 9.17) is 4.74 Å². The number of rotatable bonds is 7. The number of sulfonamides is 1. The molecule has 7 heteroatoms. The highest BCUT2D eigenvalue weighted by Crippen LogP contribution is 2.22. The summed E-state index contributed by atoms with van der Waals surface area (Å²) in [7, 11) is -3.75. The van der Waals surface area contributed by atoms with E-state index in [0.29, 0.717) is 17.1 Å². The van der Waals surface area contributed by atoms with Crippen molar-refractivity contribution in [3.8, 4) is 5.75 Å². The molecule has 1 amide bonds. The van der Waals surface area contributed by atoms with Gasteiger partial charge in [0.1, 0.15) is 5.75 Å². The van der Waals surface area contributed by atoms with E-state index in [-0.39, 0.29) is 10.8 Å². The van der Waals surface area contributed by atoms with Crippen molar-refractivity contribution in [3.63, 3.8) is 0 Å². The van der Waals surface area contributed by atoms with Gasteiger partial charge < -0.3 is 10.1 Å². The average molecular weight is 453 g/mol. The molecule has 0 aliphatic rings. The molecular formula is C25H28N2O4S. The van der Waals surface area contributed by atoms with E-state index in [1.807, 2.05) is 58.0 Å². The zero-order valence-electron chi connectivity index (χ0n) is 18.9. The largest absolute Gasteiger partial charge is 0.481 e. The second kappa shape index (κ2) is 9.44. The number of anilines is 2. The summed E-state index contributed by atoms with van der Waals surface area (Å²) in [5.74, 6) is 0.294. The molecule has 0 aromatic heterocycles. The van der Waals surface area contributed by atoms with Crippen molar-refractivity contribution < 1.29 is 17.9 Å². The molecule has 0 saturated carbocycles. The number of nitrogens with one attached hydrogen (secondary N) is 2. The number of amides is 1. The monoisotopic (exact) mass is 452 g/mol. The molecule has 3 rings (SSSR count). The van der Waals surface area contributed by atoms with Crippen LogP contribution in [0, 0.1) is 27.7 Å². The van der Waals surface area contributed by atoms with Gasteiger partial charge in [-0.25, -0.2) is 8.42 Å². The first kappa shape index (κ1) is 23.3. The lowest BCUT2D eigenvalue weighted by Crippen LogP contribution is -2.30. The molecule has 168 valence electrons. The molecule has 1 atom stereocenters. The standard InChI is InChI=1S/C25H28N2O4S/c1-16-6-7-18(3)24(14-16)27-32(29,30)23-12-9-21(10-13-23)26-25(28)20(5)31-22-11-8-17(2)19(4)15-22/h6-15,20,27H,1-5H3,(H,26,28)/t20-/m0/s1. The van der Waals surface area contributed by atoms with Crippen molar-refractivity contribution in [2.24, 2.45) is 0 Å². The Hall–Kier alpha value is -3.32. The molecule has 0 bridgehead atoms. The van der Waals surface area contributed by atoms with Crippen molar-refractivity contribution in [1.82, 2.24) is 0 Å². The number of ether oxygens (including phenoxy) is 1. The lowest BCUT2D eigenvalue weighted by molar-refractivity contribution is -0.122. The molecule has 0 spiro atoms. The predicted octanol–water partition coefficient (Wildman–Crippen LogP) is 5.13. The molecule has 0 radical (unpaired) electrons. The van der Waals surface area contributed by atoms with Gasteiger partial charge >= 0.3 is 0 Å². The number of hydrogen-bond acceptors (Lipinski definition) is 4. The van der Waals surface area contributed by atoms with Gasteiger partial charge in [0.2, 0.25) is 0 Å². The Kier molecular flexibility index (Phi) is 6.89. The van der Waals surface area contributed by atoms with E-state index in [1.54, 1.807) is 25.1 Å². The molecule has 0 aliphatic carbocycles. The first-order valence-corrected chi connectivity index (χ1v) is 11.8. The maximum atomic E-state index is 12.7. The van der Waals surface area contributed by atoms with Crippen LogP contribution in [0.2, 0.25) is 0 Å². The third-order valence-electron chi connectivity index (χ3n) is 5.23. The van der Waals surface area contributed by atoms with Crippen molar-refractivity contribution in [3.05, 3.63) is 82.9 Å². The van der Waals surface area contributed by atoms with E-state index in [9.17, 15) is 13.2 Å². The Balaban J connectivity index is 1.66. The van der Waals surface area contributed by atoms with E-state index in [1.165, 1.54) is 12.1 Å². The Labute approximate surface area is 189 Å². The van der Waals surface area contributed by atoms with Crippen LogP contribution in [0.25, 0.3) is 0 Å². The first-order chi connectivity index (χ1) is 15.0. The molecule has 3 aromatic rings. The second-order valence-corrected chi connectivity index (χ2v) is 9.63. The van der Waals surface area contributed by atoms with Crippen LogP contribution in [0.15, 0.2) is 65.6 Å². The summed E-state index contributed by atoms with van der Waals surface area (Å²) in [6.07, 6.45) is -0.716. The highest BCUT2D eigenvalue weighted by molar-refractivity contribution is 7.92. The lowest BCUT2D eigenvalue weighted by atomic mass is 10.1. The highest BCUT2D eigenvalue weighted by Gasteiger charge is 2.18. The summed E-state index contributed by atoms with van der Waals surface area (Å²) in [5.41, 5.74) is 5.05. The third-order valence-corrected chi connectivity index (χ3v) is 6.61. The van der Waals surface area contributed by atoms with Crippen LogP contribution in [-0.4, -0.2) is 20.4 Å². The molecule has 32 heavy (non-hydrogen) atoms. The van der Waals surface area contributed by atoms with Crippen LogP contribution >= 0.6 is 0 Å². The van der Waals surface area contributed by atoms with Gasteiger partial charge in [-0.05, 0) is 99.3 Å². The van der Waals surface area contributed by atoms with Crippen LogP contribution in [0.3, 0.4) is 0 Å². The maximum absolute atomic E-state index is 12.7. The minimum absolute atomic E-state index is 0.107. The summed E-state index contributed by atoms with van der Waals surface area (Å²) in [6.45, 7) is 9.41. The van der Waals surface area contributed by atoms with Gasteiger partial charge in [-0.2, -0.15) is 0 Å². The average Bonchev–Trinajstić information content (AvgIpc) is 2.73. The Morgan fingerprint density at radius 3 is 2.16 bits per heavy atom. The molecule has 0 unspecified atom stereocenters. The fraction of sp³-hybridized carbons (Fsp3) is 0.240. The van der Waals surface area contributed by atoms with E-state index < -0.39 is 16.1 Å². The number of aryl methyl sites for hydroxylation is 4. The van der Waals surface area contributed by atoms with E-state index >= 15 is 0 Å². The van der Waals surface area contributed by atoms with Gasteiger partial charge in [0.15, 0.2) is 6.10 Å². The van der Waals surface area contributed by atoms with Crippen molar-refractivity contribution >= 4 is 27.3 Å². The zero-order chi connectivity index (χ0) is 23.5. The predicted molar refractivity (Wildman–Crippen MR) is 128 cm³/mol. The Bertz CT molecular complexity index is 1240. The second-order valence-electron chi connectivity index (χ2n) is 7.94. The fourth-order valence-corrected chi connectivity index (χ4v) is 4.18. The van der Waals surface area contributed by atoms with Crippen molar-refractivity contribution in [2.45, 2.75) is 45.6 Å². The minimum Gasteiger partial charge on any atom is -0.481 e. The van der Waals surface area contributed by atoms with Gasteiger partial charge in [-0.1, -0.05) is 18.2 Å². The minimum atomic E-state index is -3.75. The van der Waals surface area contributed by atoms with Crippen molar-refractivity contribution in [2.75, 3.05) is 10.0 Å². The summed E-state index contributed by atoms with van der Waals surface area (Å²) in [5, 5.41) is 2.75. The Morgan fingerprint density at radius 1 is 0.844 bits per heavy atom. The molecule has 0 saturated heterocycles. The van der Waals surface area contributed by atoms with Crippen LogP contribution < -0.4 is 14.8 Å². The molecule has 2 N–H and O–H groups in total. The number of hydrogen-bond donors (Lipinski definition) is 2. The summed E-state index contributed by atoms with van der Waals surface area (Å²) in [6, 6.07) is 17.3. The van der Waals surface area contributed by atoms with Gasteiger partial charge in [-0.15, -0.1) is 0 Å². The zero-order valence-corrected chi connectivity index (χ0v) is 19.7. The van der Waals surface area contributed by atoms with Gasteiger partial charge in [-0.3, -0.25) is 9.52 Å². The van der Waals surface area contributed by atoms with Gasteiger partial charge in [0.25, 0.3) is 15.9 Å². The molecule has 0 fully saturated rings. The van der Waals surface area contributed by atoms with Crippen LogP contribution in [-0.2, 0) is 14.8 Å². The van der Waals surface area contributed by atoms with Gasteiger partial charge in [0.05, 0.1) is 10.6 Å². The molecular weight excluding hydrogens is 424 g/mol. The number of carbonyl (C=O) groups is 1. The Morgan fingerprint density at radius 2 is 1.50 bits per heavy atom. The van der Waals surface area contributed by atoms with Crippen LogP contribution in [0.5, 0.6) is 5.75 Å². The smallest absolute Gasteiger partial charge is 0.265 e. The van der Waals surface area contributed by atoms with Crippen LogP contribution in [0.4, 0.5) is 11.4 Å². The van der Waals surface area contributed by atoms with Crippen molar-refractivity contribution in [1.29, 1.82) is 0 Å². The van der Waals surface area contributed by atoms with Gasteiger partial charge in [0, 0.05) is 5.69 Å². The first-order valence-electron chi connectivity index (χ1n) is 10.3. The van der Waals surface area contributed by atoms with E-state index in [2.05, 4.69) is 10.0 Å². The molecule has 6 nitrogen and oxygen atoms in total. The summed E-state index contributed by atoms with van der Waals surface area (Å²) in [4.78, 5) is 12.6.